The molecule has 0 aliphatic rings. The fourth-order valence-corrected chi connectivity index (χ4v) is 2.62. The van der Waals surface area contributed by atoms with Crippen LogP contribution in [0.1, 0.15) is 16.7 Å². The van der Waals surface area contributed by atoms with Gasteiger partial charge in [-0.3, -0.25) is 4.99 Å². The summed E-state index contributed by atoms with van der Waals surface area (Å²) >= 11 is 6.22. The summed E-state index contributed by atoms with van der Waals surface area (Å²) in [4.78, 5) is 4.11. The molecule has 0 atom stereocenters. The van der Waals surface area contributed by atoms with Crippen LogP contribution in [-0.4, -0.2) is 26.7 Å². The fourth-order valence-electron chi connectivity index (χ4n) is 2.35. The number of methoxy groups -OCH3 is 1. The van der Waals surface area contributed by atoms with E-state index in [1.807, 2.05) is 18.2 Å². The van der Waals surface area contributed by atoms with Crippen LogP contribution in [0, 0.1) is 17.1 Å². The number of guanidine groups is 1. The van der Waals surface area contributed by atoms with Crippen LogP contribution >= 0.6 is 11.6 Å². The van der Waals surface area contributed by atoms with Gasteiger partial charge in [0.2, 0.25) is 0 Å². The predicted molar refractivity (Wildman–Crippen MR) is 101 cm³/mol. The smallest absolute Gasteiger partial charge is 0.191 e. The van der Waals surface area contributed by atoms with Crippen LogP contribution in [0.25, 0.3) is 0 Å². The number of nitriles is 1. The van der Waals surface area contributed by atoms with E-state index < -0.39 is 0 Å². The van der Waals surface area contributed by atoms with Crippen molar-refractivity contribution in [3.8, 4) is 11.8 Å². The summed E-state index contributed by atoms with van der Waals surface area (Å²) in [6.45, 7) is 0.830. The molecule has 2 N–H and O–H groups in total. The second-order valence-electron chi connectivity index (χ2n) is 5.48. The predicted octanol–water partition coefficient (Wildman–Crippen LogP) is 3.27. The van der Waals surface area contributed by atoms with Crippen molar-refractivity contribution in [2.75, 3.05) is 20.7 Å². The van der Waals surface area contributed by atoms with Crippen molar-refractivity contribution in [3.63, 3.8) is 0 Å². The number of nitrogens with one attached hydrogen (secondary N) is 2. The van der Waals surface area contributed by atoms with Crippen molar-refractivity contribution < 1.29 is 9.13 Å². The standard InChI is InChI=1S/C19H20ClFN4O/c1-23-19(25-12-15-9-13(11-22)3-6-18(15)21)24-8-7-14-4-5-16(26-2)10-17(14)20/h3-6,9-10H,7-8,12H2,1-2H3,(H2,23,24,25). The molecule has 0 saturated carbocycles. The Hall–Kier alpha value is -2.78. The van der Waals surface area contributed by atoms with Crippen molar-refractivity contribution in [2.24, 2.45) is 4.99 Å². The topological polar surface area (TPSA) is 69.4 Å². The van der Waals surface area contributed by atoms with Crippen LogP contribution < -0.4 is 15.4 Å². The zero-order chi connectivity index (χ0) is 18.9. The first-order valence-corrected chi connectivity index (χ1v) is 8.40. The molecule has 0 aliphatic heterocycles. The molecular weight excluding hydrogens is 355 g/mol. The number of aliphatic imine (C=N–C) groups is 1. The average Bonchev–Trinajstić information content (AvgIpc) is 2.66. The normalized spacial score (nSPS) is 11.0. The van der Waals surface area contributed by atoms with E-state index >= 15 is 0 Å². The molecule has 0 saturated heterocycles. The quantitative estimate of drug-likeness (QED) is 0.601. The Morgan fingerprint density at radius 3 is 2.69 bits per heavy atom. The van der Waals surface area contributed by atoms with Gasteiger partial charge in [0, 0.05) is 30.7 Å². The Bertz CT molecular complexity index is 833. The lowest BCUT2D eigenvalue weighted by molar-refractivity contribution is 0.414. The first-order valence-electron chi connectivity index (χ1n) is 8.03. The monoisotopic (exact) mass is 374 g/mol. The molecule has 2 aromatic rings. The number of benzene rings is 2. The van der Waals surface area contributed by atoms with Gasteiger partial charge in [-0.25, -0.2) is 4.39 Å². The van der Waals surface area contributed by atoms with Crippen molar-refractivity contribution in [1.29, 1.82) is 5.26 Å². The highest BCUT2D eigenvalue weighted by molar-refractivity contribution is 6.31. The molecular formula is C19H20ClFN4O. The number of rotatable bonds is 6. The second kappa shape index (κ2) is 9.64. The zero-order valence-electron chi connectivity index (χ0n) is 14.6. The largest absolute Gasteiger partial charge is 0.497 e. The molecule has 0 aliphatic carbocycles. The Morgan fingerprint density at radius 1 is 1.23 bits per heavy atom. The molecule has 26 heavy (non-hydrogen) atoms. The van der Waals surface area contributed by atoms with E-state index in [1.54, 1.807) is 20.2 Å². The van der Waals surface area contributed by atoms with Gasteiger partial charge in [0.25, 0.3) is 0 Å². The highest BCUT2D eigenvalue weighted by Gasteiger charge is 2.06. The third kappa shape index (κ3) is 5.36. The van der Waals surface area contributed by atoms with E-state index in [0.717, 1.165) is 5.56 Å². The Morgan fingerprint density at radius 2 is 2.04 bits per heavy atom. The van der Waals surface area contributed by atoms with Gasteiger partial charge in [-0.15, -0.1) is 0 Å². The molecule has 0 aromatic heterocycles. The van der Waals surface area contributed by atoms with Gasteiger partial charge < -0.3 is 15.4 Å². The third-order valence-corrected chi connectivity index (χ3v) is 4.14. The summed E-state index contributed by atoms with van der Waals surface area (Å²) in [6, 6.07) is 11.8. The van der Waals surface area contributed by atoms with Crippen LogP contribution in [0.5, 0.6) is 5.75 Å². The minimum absolute atomic E-state index is 0.227. The molecule has 136 valence electrons. The number of hydrogen-bond donors (Lipinski definition) is 2. The molecule has 2 rings (SSSR count). The van der Waals surface area contributed by atoms with Gasteiger partial charge in [-0.05, 0) is 42.3 Å². The van der Waals surface area contributed by atoms with Crippen molar-refractivity contribution >= 4 is 17.6 Å². The zero-order valence-corrected chi connectivity index (χ0v) is 15.4. The van der Waals surface area contributed by atoms with E-state index in [-0.39, 0.29) is 12.4 Å². The number of ether oxygens (including phenoxy) is 1. The molecule has 0 heterocycles. The molecule has 0 amide bonds. The second-order valence-corrected chi connectivity index (χ2v) is 5.89. The lowest BCUT2D eigenvalue weighted by Crippen LogP contribution is -2.38. The molecule has 5 nitrogen and oxygen atoms in total. The summed E-state index contributed by atoms with van der Waals surface area (Å²) in [5, 5.41) is 15.7. The Kier molecular flexibility index (Phi) is 7.24. The van der Waals surface area contributed by atoms with Gasteiger partial charge in [0.1, 0.15) is 11.6 Å². The minimum atomic E-state index is -0.364. The summed E-state index contributed by atoms with van der Waals surface area (Å²) in [5.41, 5.74) is 1.81. The Balaban J connectivity index is 1.88. The highest BCUT2D eigenvalue weighted by Crippen LogP contribution is 2.22. The van der Waals surface area contributed by atoms with Crippen molar-refractivity contribution in [1.82, 2.24) is 10.6 Å². The first kappa shape index (κ1) is 19.5. The maximum atomic E-state index is 13.8. The van der Waals surface area contributed by atoms with Crippen molar-refractivity contribution in [2.45, 2.75) is 13.0 Å². The minimum Gasteiger partial charge on any atom is -0.497 e. The third-order valence-electron chi connectivity index (χ3n) is 3.79. The van der Waals surface area contributed by atoms with Gasteiger partial charge in [0.05, 0.1) is 18.7 Å². The number of nitrogens with zero attached hydrogens (tertiary/aromatic N) is 2. The van der Waals surface area contributed by atoms with Gasteiger partial charge in [-0.2, -0.15) is 5.26 Å². The summed E-state index contributed by atoms with van der Waals surface area (Å²) in [5.74, 6) is 0.888. The number of hydrogen-bond acceptors (Lipinski definition) is 3. The van der Waals surface area contributed by atoms with Crippen molar-refractivity contribution in [3.05, 3.63) is 63.9 Å². The van der Waals surface area contributed by atoms with Crippen LogP contribution in [-0.2, 0) is 13.0 Å². The van der Waals surface area contributed by atoms with Gasteiger partial charge in [0.15, 0.2) is 5.96 Å². The summed E-state index contributed by atoms with van der Waals surface area (Å²) in [7, 11) is 3.23. The summed E-state index contributed by atoms with van der Waals surface area (Å²) < 4.78 is 18.9. The fraction of sp³-hybridized carbons (Fsp3) is 0.263. The van der Waals surface area contributed by atoms with E-state index in [9.17, 15) is 4.39 Å². The van der Waals surface area contributed by atoms with Crippen LogP contribution in [0.3, 0.4) is 0 Å². The lowest BCUT2D eigenvalue weighted by atomic mass is 10.1. The Labute approximate surface area is 157 Å². The van der Waals surface area contributed by atoms with Gasteiger partial charge >= 0.3 is 0 Å². The van der Waals surface area contributed by atoms with Crippen LogP contribution in [0.2, 0.25) is 5.02 Å². The highest BCUT2D eigenvalue weighted by atomic mass is 35.5. The van der Waals surface area contributed by atoms with Crippen LogP contribution in [0.15, 0.2) is 41.4 Å². The van der Waals surface area contributed by atoms with E-state index in [1.165, 1.54) is 18.2 Å². The molecule has 0 fully saturated rings. The van der Waals surface area contributed by atoms with Crippen LogP contribution in [0.4, 0.5) is 4.39 Å². The van der Waals surface area contributed by atoms with E-state index in [2.05, 4.69) is 15.6 Å². The lowest BCUT2D eigenvalue weighted by Gasteiger charge is -2.13. The molecule has 0 radical (unpaired) electrons. The SMILES string of the molecule is CN=C(NCCc1ccc(OC)cc1Cl)NCc1cc(C#N)ccc1F. The average molecular weight is 375 g/mol. The molecule has 0 unspecified atom stereocenters. The van der Waals surface area contributed by atoms with E-state index in [4.69, 9.17) is 21.6 Å². The maximum Gasteiger partial charge on any atom is 0.191 e. The molecule has 0 spiro atoms. The van der Waals surface area contributed by atoms with E-state index in [0.29, 0.717) is 40.8 Å². The van der Waals surface area contributed by atoms with Gasteiger partial charge in [-0.1, -0.05) is 17.7 Å². The molecule has 7 heteroatoms. The first-order chi connectivity index (χ1) is 12.6. The molecule has 2 aromatic carbocycles. The maximum absolute atomic E-state index is 13.8. The number of halogens is 2. The summed E-state index contributed by atoms with van der Waals surface area (Å²) in [6.07, 6.45) is 0.696. The molecule has 0 bridgehead atoms.